The molecule has 0 amide bonds. The maximum atomic E-state index is 13.6. The molecule has 0 fully saturated rings. The number of nitrogens with zero attached hydrogens (tertiary/aromatic N) is 3. The number of imidazole rings is 1. The summed E-state index contributed by atoms with van der Waals surface area (Å²) in [6, 6.07) is 10.7. The van der Waals surface area contributed by atoms with Gasteiger partial charge in [-0.1, -0.05) is 12.1 Å². The van der Waals surface area contributed by atoms with Crippen molar-refractivity contribution in [2.45, 2.75) is 39.2 Å². The summed E-state index contributed by atoms with van der Waals surface area (Å²) in [5.74, 6) is -1.40. The van der Waals surface area contributed by atoms with Gasteiger partial charge in [0.1, 0.15) is 5.82 Å². The molecule has 2 aromatic carbocycles. The smallest absolute Gasteiger partial charge is 0.389 e. The van der Waals surface area contributed by atoms with E-state index in [-0.39, 0.29) is 24.4 Å². The lowest BCUT2D eigenvalue weighted by Gasteiger charge is -2.18. The summed E-state index contributed by atoms with van der Waals surface area (Å²) in [7, 11) is 0. The van der Waals surface area contributed by atoms with Gasteiger partial charge in [-0.05, 0) is 49.7 Å². The molecule has 0 aliphatic heterocycles. The molecule has 0 unspecified atom stereocenters. The number of aromatic nitrogens is 3. The van der Waals surface area contributed by atoms with Gasteiger partial charge in [-0.25, -0.2) is 9.37 Å². The van der Waals surface area contributed by atoms with Crippen molar-refractivity contribution in [3.8, 4) is 0 Å². The van der Waals surface area contributed by atoms with E-state index < -0.39 is 18.1 Å². The molecular formula is C21H19F4N3O. The van der Waals surface area contributed by atoms with Crippen LogP contribution >= 0.6 is 0 Å². The average molecular weight is 405 g/mol. The molecule has 0 aliphatic carbocycles. The summed E-state index contributed by atoms with van der Waals surface area (Å²) in [4.78, 5) is 3.70. The van der Waals surface area contributed by atoms with Gasteiger partial charge in [-0.3, -0.25) is 0 Å². The second kappa shape index (κ2) is 6.88. The fourth-order valence-corrected chi connectivity index (χ4v) is 3.81. The van der Waals surface area contributed by atoms with Crippen molar-refractivity contribution in [2.24, 2.45) is 0 Å². The molecule has 0 spiro atoms. The highest BCUT2D eigenvalue weighted by molar-refractivity contribution is 5.85. The Kier molecular flexibility index (Phi) is 4.61. The molecule has 0 saturated carbocycles. The van der Waals surface area contributed by atoms with Gasteiger partial charge in [0.15, 0.2) is 0 Å². The highest BCUT2D eigenvalue weighted by atomic mass is 19.4. The molecule has 4 aromatic rings. The van der Waals surface area contributed by atoms with E-state index in [9.17, 15) is 22.7 Å². The van der Waals surface area contributed by atoms with Crippen molar-refractivity contribution in [1.29, 1.82) is 0 Å². The average Bonchev–Trinajstić information content (AvgIpc) is 3.13. The zero-order valence-corrected chi connectivity index (χ0v) is 15.8. The van der Waals surface area contributed by atoms with E-state index >= 15 is 0 Å². The van der Waals surface area contributed by atoms with Crippen molar-refractivity contribution >= 4 is 21.9 Å². The van der Waals surface area contributed by atoms with Gasteiger partial charge in [0.25, 0.3) is 0 Å². The number of aryl methyl sites for hydroxylation is 1. The first-order valence-electron chi connectivity index (χ1n) is 9.12. The molecule has 2 heterocycles. The predicted octanol–water partition coefficient (Wildman–Crippen LogP) is 4.83. The summed E-state index contributed by atoms with van der Waals surface area (Å²) < 4.78 is 56.8. The van der Waals surface area contributed by atoms with Crippen LogP contribution in [0.15, 0.2) is 42.5 Å². The van der Waals surface area contributed by atoms with Crippen molar-refractivity contribution in [1.82, 2.24) is 14.1 Å². The Morgan fingerprint density at radius 2 is 1.69 bits per heavy atom. The molecule has 1 N–H and O–H groups in total. The second-order valence-corrected chi connectivity index (χ2v) is 7.17. The van der Waals surface area contributed by atoms with Crippen LogP contribution in [0.4, 0.5) is 17.6 Å². The zero-order valence-electron chi connectivity index (χ0n) is 15.8. The van der Waals surface area contributed by atoms with Crippen molar-refractivity contribution < 1.29 is 22.7 Å². The number of aliphatic hydroxyl groups is 1. The first kappa shape index (κ1) is 19.4. The molecule has 8 heteroatoms. The van der Waals surface area contributed by atoms with Gasteiger partial charge in [0.2, 0.25) is 5.82 Å². The van der Waals surface area contributed by atoms with E-state index in [0.29, 0.717) is 5.52 Å². The summed E-state index contributed by atoms with van der Waals surface area (Å²) in [6.45, 7) is 3.50. The van der Waals surface area contributed by atoms with Crippen LogP contribution < -0.4 is 0 Å². The van der Waals surface area contributed by atoms with Crippen LogP contribution in [0.2, 0.25) is 0 Å². The number of rotatable bonds is 4. The van der Waals surface area contributed by atoms with Gasteiger partial charge in [0, 0.05) is 16.6 Å². The fourth-order valence-electron chi connectivity index (χ4n) is 3.81. The number of alkyl halides is 3. The Hall–Kier alpha value is -2.87. The van der Waals surface area contributed by atoms with Crippen LogP contribution in [-0.2, 0) is 19.3 Å². The van der Waals surface area contributed by atoms with Gasteiger partial charge in [-0.15, -0.1) is 0 Å². The van der Waals surface area contributed by atoms with Gasteiger partial charge in [0.05, 0.1) is 30.2 Å². The molecule has 4 rings (SSSR count). The topological polar surface area (TPSA) is 43.0 Å². The lowest BCUT2D eigenvalue weighted by atomic mass is 10.1. The van der Waals surface area contributed by atoms with Crippen LogP contribution in [0.5, 0.6) is 0 Å². The summed E-state index contributed by atoms with van der Waals surface area (Å²) in [5, 5.41) is 11.4. The minimum Gasteiger partial charge on any atom is -0.389 e. The minimum atomic E-state index is -4.64. The largest absolute Gasteiger partial charge is 0.449 e. The minimum absolute atomic E-state index is 0.0750. The first-order chi connectivity index (χ1) is 13.7. The third-order valence-corrected chi connectivity index (χ3v) is 5.30. The molecule has 1 atom stereocenters. The molecule has 0 radical (unpaired) electrons. The number of hydrogen-bond acceptors (Lipinski definition) is 2. The Labute approximate surface area is 164 Å². The van der Waals surface area contributed by atoms with Crippen molar-refractivity contribution in [2.75, 3.05) is 0 Å². The quantitative estimate of drug-likeness (QED) is 0.495. The Morgan fingerprint density at radius 3 is 2.41 bits per heavy atom. The molecule has 0 aliphatic rings. The summed E-state index contributed by atoms with van der Waals surface area (Å²) in [6.07, 6.45) is -5.74. The predicted molar refractivity (Wildman–Crippen MR) is 102 cm³/mol. The monoisotopic (exact) mass is 405 g/mol. The highest BCUT2D eigenvalue weighted by Gasteiger charge is 2.38. The van der Waals surface area contributed by atoms with Gasteiger partial charge < -0.3 is 14.2 Å². The summed E-state index contributed by atoms with van der Waals surface area (Å²) in [5.41, 5.74) is 2.96. The first-order valence-corrected chi connectivity index (χ1v) is 9.12. The Bertz CT molecular complexity index is 1210. The molecule has 152 valence electrons. The number of fused-ring (bicyclic) bond motifs is 2. The van der Waals surface area contributed by atoms with Crippen LogP contribution in [0.3, 0.4) is 0 Å². The number of hydrogen-bond donors (Lipinski definition) is 1. The van der Waals surface area contributed by atoms with E-state index in [1.807, 2.05) is 13.8 Å². The lowest BCUT2D eigenvalue weighted by Crippen LogP contribution is -2.26. The van der Waals surface area contributed by atoms with E-state index in [1.165, 1.54) is 18.2 Å². The third-order valence-electron chi connectivity index (χ3n) is 5.30. The van der Waals surface area contributed by atoms with Crippen LogP contribution in [-0.4, -0.2) is 25.3 Å². The van der Waals surface area contributed by atoms with Crippen molar-refractivity contribution in [3.05, 3.63) is 65.4 Å². The highest BCUT2D eigenvalue weighted by Crippen LogP contribution is 2.32. The lowest BCUT2D eigenvalue weighted by molar-refractivity contribution is -0.147. The third kappa shape index (κ3) is 3.37. The van der Waals surface area contributed by atoms with Gasteiger partial charge >= 0.3 is 6.18 Å². The maximum absolute atomic E-state index is 13.6. The number of halogens is 4. The maximum Gasteiger partial charge on any atom is 0.449 e. The van der Waals surface area contributed by atoms with E-state index in [2.05, 4.69) is 4.98 Å². The zero-order chi connectivity index (χ0) is 20.9. The molecule has 0 bridgehead atoms. The van der Waals surface area contributed by atoms with Crippen LogP contribution in [0.1, 0.15) is 17.1 Å². The number of aliphatic hydroxyl groups excluding tert-OH is 1. The van der Waals surface area contributed by atoms with E-state index in [1.54, 1.807) is 28.8 Å². The van der Waals surface area contributed by atoms with Crippen molar-refractivity contribution in [3.63, 3.8) is 0 Å². The van der Waals surface area contributed by atoms with Gasteiger partial charge in [-0.2, -0.15) is 13.2 Å². The second-order valence-electron chi connectivity index (χ2n) is 7.17. The number of para-hydroxylation sites is 2. The SMILES string of the molecule is Cc1c(C)n(C[C@@H](O)Cn2c(C(F)(F)F)nc3ccccc32)c2ccc(F)cc12. The van der Waals surface area contributed by atoms with Crippen LogP contribution in [0, 0.1) is 19.7 Å². The molecule has 2 aromatic heterocycles. The normalized spacial score (nSPS) is 13.5. The fraction of sp³-hybridized carbons (Fsp3) is 0.286. The van der Waals surface area contributed by atoms with E-state index in [4.69, 9.17) is 0 Å². The molecule has 4 nitrogen and oxygen atoms in total. The number of benzene rings is 2. The molecule has 29 heavy (non-hydrogen) atoms. The Balaban J connectivity index is 1.71. The standard InChI is InChI=1S/C21H19F4N3O/c1-12-13(2)27(18-8-7-14(22)9-16(12)18)10-15(29)11-28-19-6-4-3-5-17(19)26-20(28)21(23,24)25/h3-9,15,29H,10-11H2,1-2H3/t15-/m1/s1. The molecular weight excluding hydrogens is 386 g/mol. The van der Waals surface area contributed by atoms with E-state index in [0.717, 1.165) is 26.7 Å². The van der Waals surface area contributed by atoms with Crippen LogP contribution in [0.25, 0.3) is 21.9 Å². The molecule has 0 saturated heterocycles. The summed E-state index contributed by atoms with van der Waals surface area (Å²) >= 11 is 0. The Morgan fingerprint density at radius 1 is 1.00 bits per heavy atom.